The summed E-state index contributed by atoms with van der Waals surface area (Å²) in [6.45, 7) is 2.01. The fraction of sp³-hybridized carbons (Fsp3) is 0.263. The summed E-state index contributed by atoms with van der Waals surface area (Å²) in [5.74, 6) is -0.456. The van der Waals surface area contributed by atoms with E-state index in [2.05, 4.69) is 20.8 Å². The van der Waals surface area contributed by atoms with E-state index < -0.39 is 5.25 Å². The third-order valence-corrected chi connectivity index (χ3v) is 5.46. The molecule has 1 amide bonds. The average molecular weight is 383 g/mol. The minimum Gasteiger partial charge on any atom is -0.352 e. The maximum Gasteiger partial charge on any atom is 0.238 e. The van der Waals surface area contributed by atoms with Crippen molar-refractivity contribution in [1.82, 2.24) is 25.5 Å². The molecule has 1 unspecified atom stereocenters. The van der Waals surface area contributed by atoms with Crippen molar-refractivity contribution >= 4 is 17.7 Å². The predicted molar refractivity (Wildman–Crippen MR) is 100 cm³/mol. The van der Waals surface area contributed by atoms with Gasteiger partial charge in [-0.3, -0.25) is 4.79 Å². The van der Waals surface area contributed by atoms with Crippen LogP contribution in [0.15, 0.2) is 53.7 Å². The number of amides is 1. The van der Waals surface area contributed by atoms with E-state index in [1.165, 1.54) is 23.9 Å². The molecule has 1 aromatic heterocycles. The maximum atomic E-state index is 13.3. The zero-order chi connectivity index (χ0) is 18.8. The molecule has 0 saturated heterocycles. The molecular formula is C19H18FN5OS. The van der Waals surface area contributed by atoms with Gasteiger partial charge in [-0.05, 0) is 60.0 Å². The summed E-state index contributed by atoms with van der Waals surface area (Å²) >= 11 is 1.25. The lowest BCUT2D eigenvalue weighted by Gasteiger charge is -2.16. The van der Waals surface area contributed by atoms with E-state index in [4.69, 9.17) is 0 Å². The van der Waals surface area contributed by atoms with Crippen molar-refractivity contribution in [1.29, 1.82) is 0 Å². The lowest BCUT2D eigenvalue weighted by Crippen LogP contribution is -2.30. The number of nitrogens with one attached hydrogen (secondary N) is 1. The largest absolute Gasteiger partial charge is 0.352 e. The predicted octanol–water partition coefficient (Wildman–Crippen LogP) is 3.22. The lowest BCUT2D eigenvalue weighted by atomic mass is 10.1. The first kappa shape index (κ1) is 17.7. The molecule has 6 nitrogen and oxygen atoms in total. The molecule has 4 rings (SSSR count). The molecule has 2 aromatic carbocycles. The first-order valence-electron chi connectivity index (χ1n) is 8.68. The number of carbonyl (C=O) groups excluding carboxylic acids is 1. The second-order valence-electron chi connectivity index (χ2n) is 6.54. The molecule has 1 saturated carbocycles. The molecule has 0 spiro atoms. The number of nitrogens with zero attached hydrogens (tertiary/aromatic N) is 4. The van der Waals surface area contributed by atoms with Crippen LogP contribution in [0.2, 0.25) is 0 Å². The number of hydrogen-bond donors (Lipinski definition) is 1. The molecule has 1 N–H and O–H groups in total. The minimum absolute atomic E-state index is 0.118. The van der Waals surface area contributed by atoms with Crippen molar-refractivity contribution < 1.29 is 9.18 Å². The molecule has 1 heterocycles. The van der Waals surface area contributed by atoms with Crippen molar-refractivity contribution in [3.63, 3.8) is 0 Å². The van der Waals surface area contributed by atoms with E-state index >= 15 is 0 Å². The quantitative estimate of drug-likeness (QED) is 0.662. The van der Waals surface area contributed by atoms with Crippen molar-refractivity contribution in [2.75, 3.05) is 0 Å². The summed E-state index contributed by atoms with van der Waals surface area (Å²) in [5.41, 5.74) is 2.65. The second-order valence-corrected chi connectivity index (χ2v) is 7.61. The van der Waals surface area contributed by atoms with Gasteiger partial charge in [0.05, 0.1) is 5.69 Å². The number of aromatic nitrogens is 4. The second kappa shape index (κ2) is 7.48. The number of benzene rings is 2. The molecule has 138 valence electrons. The maximum absolute atomic E-state index is 13.3. The molecule has 1 aliphatic carbocycles. The Balaban J connectivity index is 1.63. The van der Waals surface area contributed by atoms with Crippen LogP contribution in [0, 0.1) is 12.7 Å². The monoisotopic (exact) mass is 383 g/mol. The summed E-state index contributed by atoms with van der Waals surface area (Å²) in [7, 11) is 0. The molecule has 1 aliphatic rings. The Bertz CT molecular complexity index is 937. The van der Waals surface area contributed by atoms with Crippen molar-refractivity contribution in [2.24, 2.45) is 0 Å². The van der Waals surface area contributed by atoms with Gasteiger partial charge in [-0.1, -0.05) is 41.6 Å². The van der Waals surface area contributed by atoms with Gasteiger partial charge < -0.3 is 5.32 Å². The number of tetrazole rings is 1. The number of hydrogen-bond acceptors (Lipinski definition) is 5. The van der Waals surface area contributed by atoms with Gasteiger partial charge in [-0.15, -0.1) is 5.10 Å². The fourth-order valence-electron chi connectivity index (χ4n) is 2.62. The molecule has 1 atom stereocenters. The van der Waals surface area contributed by atoms with E-state index in [-0.39, 0.29) is 17.8 Å². The van der Waals surface area contributed by atoms with Crippen LogP contribution in [-0.2, 0) is 4.79 Å². The first-order chi connectivity index (χ1) is 13.1. The fourth-order valence-corrected chi connectivity index (χ4v) is 3.63. The number of aryl methyl sites for hydroxylation is 1. The molecule has 0 bridgehead atoms. The van der Waals surface area contributed by atoms with E-state index in [0.717, 1.165) is 24.1 Å². The SMILES string of the molecule is Cc1ccc(-n2nnnc2SC(C(=O)NC2CC2)c2ccc(F)cc2)cc1. The lowest BCUT2D eigenvalue weighted by molar-refractivity contribution is -0.120. The Labute approximate surface area is 160 Å². The van der Waals surface area contributed by atoms with Gasteiger partial charge in [0.1, 0.15) is 11.1 Å². The van der Waals surface area contributed by atoms with E-state index in [1.54, 1.807) is 16.8 Å². The molecule has 27 heavy (non-hydrogen) atoms. The number of rotatable bonds is 6. The normalized spacial score (nSPS) is 14.7. The van der Waals surface area contributed by atoms with Crippen LogP contribution in [-0.4, -0.2) is 32.2 Å². The van der Waals surface area contributed by atoms with Gasteiger partial charge in [0.2, 0.25) is 11.1 Å². The molecule has 0 aliphatic heterocycles. The summed E-state index contributed by atoms with van der Waals surface area (Å²) in [5, 5.41) is 14.8. The number of carbonyl (C=O) groups is 1. The molecule has 8 heteroatoms. The van der Waals surface area contributed by atoms with Crippen molar-refractivity contribution in [3.8, 4) is 5.69 Å². The van der Waals surface area contributed by atoms with Crippen LogP contribution in [0.25, 0.3) is 5.69 Å². The van der Waals surface area contributed by atoms with Crippen molar-refractivity contribution in [2.45, 2.75) is 36.2 Å². The molecular weight excluding hydrogens is 365 g/mol. The highest BCUT2D eigenvalue weighted by Crippen LogP contribution is 2.36. The van der Waals surface area contributed by atoms with Crippen LogP contribution in [0.1, 0.15) is 29.2 Å². The summed E-state index contributed by atoms with van der Waals surface area (Å²) in [6, 6.07) is 14.0. The highest BCUT2D eigenvalue weighted by atomic mass is 32.2. The Morgan fingerprint density at radius 3 is 2.56 bits per heavy atom. The van der Waals surface area contributed by atoms with Gasteiger partial charge in [0.15, 0.2) is 0 Å². The molecule has 1 fully saturated rings. The van der Waals surface area contributed by atoms with Crippen LogP contribution in [0.3, 0.4) is 0 Å². The third-order valence-electron chi connectivity index (χ3n) is 4.28. The van der Waals surface area contributed by atoms with E-state index in [9.17, 15) is 9.18 Å². The van der Waals surface area contributed by atoms with Gasteiger partial charge in [-0.2, -0.15) is 4.68 Å². The van der Waals surface area contributed by atoms with Crippen LogP contribution in [0.5, 0.6) is 0 Å². The van der Waals surface area contributed by atoms with E-state index in [0.29, 0.717) is 10.7 Å². The first-order valence-corrected chi connectivity index (χ1v) is 9.56. The number of halogens is 1. The van der Waals surface area contributed by atoms with Gasteiger partial charge in [0.25, 0.3) is 0 Å². The number of thioether (sulfide) groups is 1. The average Bonchev–Trinajstić information content (AvgIpc) is 3.36. The highest BCUT2D eigenvalue weighted by Gasteiger charge is 2.30. The Morgan fingerprint density at radius 1 is 1.19 bits per heavy atom. The Hall–Kier alpha value is -2.74. The van der Waals surface area contributed by atoms with Gasteiger partial charge in [-0.25, -0.2) is 4.39 Å². The topological polar surface area (TPSA) is 72.7 Å². The van der Waals surface area contributed by atoms with E-state index in [1.807, 2.05) is 31.2 Å². The smallest absolute Gasteiger partial charge is 0.238 e. The van der Waals surface area contributed by atoms with Crippen molar-refractivity contribution in [3.05, 3.63) is 65.5 Å². The zero-order valence-electron chi connectivity index (χ0n) is 14.7. The summed E-state index contributed by atoms with van der Waals surface area (Å²) in [4.78, 5) is 12.8. The summed E-state index contributed by atoms with van der Waals surface area (Å²) in [6.07, 6.45) is 1.99. The Morgan fingerprint density at radius 2 is 1.89 bits per heavy atom. The standard InChI is InChI=1S/C19H18FN5OS/c1-12-2-10-16(11-3-12)25-19(22-23-24-25)27-17(18(26)21-15-8-9-15)13-4-6-14(20)7-5-13/h2-7,10-11,15,17H,8-9H2,1H3,(H,21,26). The third kappa shape index (κ3) is 4.16. The Kier molecular flexibility index (Phi) is 4.89. The molecule has 3 aromatic rings. The van der Waals surface area contributed by atoms with Gasteiger partial charge >= 0.3 is 0 Å². The van der Waals surface area contributed by atoms with Crippen LogP contribution >= 0.6 is 11.8 Å². The highest BCUT2D eigenvalue weighted by molar-refractivity contribution is 8.00. The van der Waals surface area contributed by atoms with Crippen LogP contribution < -0.4 is 5.32 Å². The van der Waals surface area contributed by atoms with Gasteiger partial charge in [0, 0.05) is 6.04 Å². The zero-order valence-corrected chi connectivity index (χ0v) is 15.5. The van der Waals surface area contributed by atoms with Crippen LogP contribution in [0.4, 0.5) is 4.39 Å². The minimum atomic E-state index is -0.568. The summed E-state index contributed by atoms with van der Waals surface area (Å²) < 4.78 is 14.9. The molecule has 0 radical (unpaired) electrons.